The van der Waals surface area contributed by atoms with Crippen LogP contribution in [0.2, 0.25) is 5.02 Å². The molecule has 1 aliphatic rings. The number of ether oxygens (including phenoxy) is 1. The summed E-state index contributed by atoms with van der Waals surface area (Å²) in [7, 11) is -1.86. The highest BCUT2D eigenvalue weighted by Crippen LogP contribution is 2.34. The van der Waals surface area contributed by atoms with Crippen molar-refractivity contribution in [2.24, 2.45) is 5.92 Å². The average molecular weight is 334 g/mol. The van der Waals surface area contributed by atoms with Crippen LogP contribution in [0.3, 0.4) is 0 Å². The van der Waals surface area contributed by atoms with Crippen molar-refractivity contribution in [1.82, 2.24) is 4.31 Å². The number of sulfonamides is 1. The molecule has 1 fully saturated rings. The Morgan fingerprint density at radius 3 is 2.57 bits per heavy atom. The van der Waals surface area contributed by atoms with Crippen molar-refractivity contribution >= 4 is 21.6 Å². The lowest BCUT2D eigenvalue weighted by atomic mass is 9.90. The van der Waals surface area contributed by atoms with Crippen LogP contribution >= 0.6 is 11.6 Å². The number of halogens is 1. The predicted molar refractivity (Wildman–Crippen MR) is 82.0 cm³/mol. The lowest BCUT2D eigenvalue weighted by Crippen LogP contribution is -2.32. The first-order valence-electron chi connectivity index (χ1n) is 6.81. The molecule has 0 aliphatic carbocycles. The summed E-state index contributed by atoms with van der Waals surface area (Å²) in [6, 6.07) is 7.35. The summed E-state index contributed by atoms with van der Waals surface area (Å²) >= 11 is 5.88. The topological polar surface area (TPSA) is 66.8 Å². The van der Waals surface area contributed by atoms with E-state index in [-0.39, 0.29) is 30.8 Å². The molecule has 0 spiro atoms. The van der Waals surface area contributed by atoms with E-state index < -0.39 is 10.0 Å². The van der Waals surface area contributed by atoms with E-state index in [0.717, 1.165) is 5.56 Å². The molecule has 0 radical (unpaired) electrons. The van der Waals surface area contributed by atoms with Gasteiger partial charge in [0.15, 0.2) is 0 Å². The second-order valence-corrected chi connectivity index (χ2v) is 7.75. The van der Waals surface area contributed by atoms with Gasteiger partial charge in [0.1, 0.15) is 0 Å². The van der Waals surface area contributed by atoms with Crippen LogP contribution in [0.5, 0.6) is 0 Å². The Morgan fingerprint density at radius 1 is 1.33 bits per heavy atom. The van der Waals surface area contributed by atoms with Crippen molar-refractivity contribution in [3.05, 3.63) is 34.9 Å². The van der Waals surface area contributed by atoms with E-state index >= 15 is 0 Å². The van der Waals surface area contributed by atoms with E-state index in [2.05, 4.69) is 0 Å². The van der Waals surface area contributed by atoms with Crippen LogP contribution in [0.4, 0.5) is 0 Å². The normalized spacial score (nSPS) is 23.6. The van der Waals surface area contributed by atoms with E-state index in [0.29, 0.717) is 18.1 Å². The number of rotatable bonds is 6. The standard InChI is InChI=1S/C14H20ClNO4S/c1-20-6-7-21(18,19)16-8-12(10-17)14(9-16)11-2-4-13(15)5-3-11/h2-5,12,14,17H,6-10H2,1H3/t12-,14-/m0/s1. The lowest BCUT2D eigenvalue weighted by Gasteiger charge is -2.16. The van der Waals surface area contributed by atoms with Crippen LogP contribution in [0.25, 0.3) is 0 Å². The van der Waals surface area contributed by atoms with Gasteiger partial charge in [-0.2, -0.15) is 0 Å². The van der Waals surface area contributed by atoms with Crippen LogP contribution in [-0.2, 0) is 14.8 Å². The molecule has 1 aliphatic heterocycles. The van der Waals surface area contributed by atoms with Gasteiger partial charge in [-0.25, -0.2) is 12.7 Å². The summed E-state index contributed by atoms with van der Waals surface area (Å²) in [4.78, 5) is 0. The summed E-state index contributed by atoms with van der Waals surface area (Å²) < 4.78 is 30.8. The fraction of sp³-hybridized carbons (Fsp3) is 0.571. The largest absolute Gasteiger partial charge is 0.396 e. The molecule has 2 atom stereocenters. The zero-order valence-corrected chi connectivity index (χ0v) is 13.5. The Hall–Kier alpha value is -0.660. The van der Waals surface area contributed by atoms with Gasteiger partial charge in [0.25, 0.3) is 0 Å². The highest BCUT2D eigenvalue weighted by molar-refractivity contribution is 7.89. The summed E-state index contributed by atoms with van der Waals surface area (Å²) in [6.07, 6.45) is 0. The number of aliphatic hydroxyl groups excluding tert-OH is 1. The van der Waals surface area contributed by atoms with E-state index in [4.69, 9.17) is 16.3 Å². The van der Waals surface area contributed by atoms with Crippen LogP contribution in [-0.4, -0.2) is 57.0 Å². The van der Waals surface area contributed by atoms with Crippen molar-refractivity contribution in [1.29, 1.82) is 0 Å². The number of benzene rings is 1. The Labute approximate surface area is 130 Å². The zero-order chi connectivity index (χ0) is 15.5. The Morgan fingerprint density at radius 2 is 2.00 bits per heavy atom. The summed E-state index contributed by atoms with van der Waals surface area (Å²) in [5.41, 5.74) is 1.00. The van der Waals surface area contributed by atoms with Gasteiger partial charge in [-0.3, -0.25) is 0 Å². The van der Waals surface area contributed by atoms with Crippen LogP contribution < -0.4 is 0 Å². The van der Waals surface area contributed by atoms with Crippen LogP contribution in [0.15, 0.2) is 24.3 Å². The monoisotopic (exact) mass is 333 g/mol. The highest BCUT2D eigenvalue weighted by Gasteiger charge is 2.38. The minimum absolute atomic E-state index is 0.00964. The maximum Gasteiger partial charge on any atom is 0.216 e. The molecule has 1 heterocycles. The third kappa shape index (κ3) is 3.96. The molecule has 7 heteroatoms. The first-order valence-corrected chi connectivity index (χ1v) is 8.79. The van der Waals surface area contributed by atoms with Crippen LogP contribution in [0, 0.1) is 5.92 Å². The Kier molecular flexibility index (Phi) is 5.62. The molecule has 1 saturated heterocycles. The predicted octanol–water partition coefficient (Wildman–Crippen LogP) is 1.32. The van der Waals surface area contributed by atoms with Gasteiger partial charge in [0.2, 0.25) is 10.0 Å². The molecule has 0 aromatic heterocycles. The van der Waals surface area contributed by atoms with Gasteiger partial charge in [-0.15, -0.1) is 0 Å². The minimum atomic E-state index is -3.34. The van der Waals surface area contributed by atoms with Crippen molar-refractivity contribution in [3.63, 3.8) is 0 Å². The molecule has 21 heavy (non-hydrogen) atoms. The zero-order valence-electron chi connectivity index (χ0n) is 11.9. The van der Waals surface area contributed by atoms with Crippen molar-refractivity contribution in [2.45, 2.75) is 5.92 Å². The van der Waals surface area contributed by atoms with E-state index in [1.54, 1.807) is 12.1 Å². The Balaban J connectivity index is 2.15. The fourth-order valence-corrected chi connectivity index (χ4v) is 4.22. The second kappa shape index (κ2) is 7.07. The molecule has 118 valence electrons. The van der Waals surface area contributed by atoms with E-state index in [1.165, 1.54) is 11.4 Å². The molecule has 0 unspecified atom stereocenters. The molecule has 1 aromatic rings. The quantitative estimate of drug-likeness (QED) is 0.852. The molecule has 1 N–H and O–H groups in total. The molecule has 1 aromatic carbocycles. The lowest BCUT2D eigenvalue weighted by molar-refractivity contribution is 0.214. The number of nitrogens with zero attached hydrogens (tertiary/aromatic N) is 1. The second-order valence-electron chi connectivity index (χ2n) is 5.23. The average Bonchev–Trinajstić information content (AvgIpc) is 2.91. The van der Waals surface area contributed by atoms with Gasteiger partial charge in [0.05, 0.1) is 12.4 Å². The fourth-order valence-electron chi connectivity index (χ4n) is 2.65. The van der Waals surface area contributed by atoms with Gasteiger partial charge in [0, 0.05) is 43.7 Å². The van der Waals surface area contributed by atoms with E-state index in [9.17, 15) is 13.5 Å². The molecular formula is C14H20ClNO4S. The molecule has 5 nitrogen and oxygen atoms in total. The summed E-state index contributed by atoms with van der Waals surface area (Å²) in [5.74, 6) is -0.136. The number of hydrogen-bond acceptors (Lipinski definition) is 4. The van der Waals surface area contributed by atoms with Crippen LogP contribution in [0.1, 0.15) is 11.5 Å². The van der Waals surface area contributed by atoms with Gasteiger partial charge in [-0.05, 0) is 17.7 Å². The summed E-state index contributed by atoms with van der Waals surface area (Å²) in [6.45, 7) is 0.868. The maximum absolute atomic E-state index is 12.2. The molecule has 0 amide bonds. The SMILES string of the molecule is COCCS(=O)(=O)N1C[C@@H](CO)[C@H](c2ccc(Cl)cc2)C1. The van der Waals surface area contributed by atoms with Crippen molar-refractivity contribution in [3.8, 4) is 0 Å². The highest BCUT2D eigenvalue weighted by atomic mass is 35.5. The van der Waals surface area contributed by atoms with Crippen molar-refractivity contribution in [2.75, 3.05) is 39.2 Å². The molecule has 0 bridgehead atoms. The third-order valence-electron chi connectivity index (χ3n) is 3.88. The number of aliphatic hydroxyl groups is 1. The smallest absolute Gasteiger partial charge is 0.216 e. The number of methoxy groups -OCH3 is 1. The minimum Gasteiger partial charge on any atom is -0.396 e. The summed E-state index contributed by atoms with van der Waals surface area (Å²) in [5, 5.41) is 10.2. The van der Waals surface area contributed by atoms with Gasteiger partial charge >= 0.3 is 0 Å². The number of hydrogen-bond donors (Lipinski definition) is 1. The first kappa shape index (κ1) is 16.7. The molecule has 2 rings (SSSR count). The molecule has 0 saturated carbocycles. The maximum atomic E-state index is 12.2. The van der Waals surface area contributed by atoms with Gasteiger partial charge in [-0.1, -0.05) is 23.7 Å². The third-order valence-corrected chi connectivity index (χ3v) is 5.90. The van der Waals surface area contributed by atoms with Gasteiger partial charge < -0.3 is 9.84 Å². The Bertz CT molecular complexity index is 561. The first-order chi connectivity index (χ1) is 9.97. The molecular weight excluding hydrogens is 314 g/mol. The van der Waals surface area contributed by atoms with E-state index in [1.807, 2.05) is 12.1 Å². The van der Waals surface area contributed by atoms with Crippen molar-refractivity contribution < 1.29 is 18.3 Å².